The highest BCUT2D eigenvalue weighted by Crippen LogP contribution is 2.31. The molecule has 0 saturated carbocycles. The van der Waals surface area contributed by atoms with Crippen LogP contribution in [0.5, 0.6) is 0 Å². The molecule has 0 fully saturated rings. The lowest BCUT2D eigenvalue weighted by molar-refractivity contribution is 0.285. The molecule has 0 bridgehead atoms. The number of sulfonamides is 1. The summed E-state index contributed by atoms with van der Waals surface area (Å²) in [5.74, 6) is 0. The number of halogens is 1. The van der Waals surface area contributed by atoms with E-state index < -0.39 is 10.0 Å². The number of thiophene rings is 1. The highest BCUT2D eigenvalue weighted by atomic mass is 79.9. The number of aliphatic hydroxyl groups is 1. The predicted molar refractivity (Wildman–Crippen MR) is 80.9 cm³/mol. The summed E-state index contributed by atoms with van der Waals surface area (Å²) < 4.78 is 27.6. The number of hydrogen-bond donors (Lipinski definition) is 2. The second-order valence-electron chi connectivity index (χ2n) is 4.62. The van der Waals surface area contributed by atoms with Gasteiger partial charge in [-0.15, -0.1) is 11.3 Å². The molecule has 1 aromatic heterocycles. The summed E-state index contributed by atoms with van der Waals surface area (Å²) in [6.07, 6.45) is 0.737. The Morgan fingerprint density at radius 3 is 2.63 bits per heavy atom. The van der Waals surface area contributed by atoms with E-state index in [9.17, 15) is 8.42 Å². The Labute approximate surface area is 126 Å². The normalized spacial score (nSPS) is 14.0. The Bertz CT molecular complexity index is 514. The van der Waals surface area contributed by atoms with Crippen molar-refractivity contribution in [3.63, 3.8) is 0 Å². The fraction of sp³-hybridized carbons (Fsp3) is 0.636. The zero-order chi connectivity index (χ0) is 14.6. The van der Waals surface area contributed by atoms with Gasteiger partial charge in [-0.2, -0.15) is 0 Å². The molecule has 2 N–H and O–H groups in total. The van der Waals surface area contributed by atoms with Gasteiger partial charge in [-0.1, -0.05) is 0 Å². The molecule has 1 atom stereocenters. The third kappa shape index (κ3) is 5.13. The van der Waals surface area contributed by atoms with Crippen LogP contribution >= 0.6 is 27.3 Å². The van der Waals surface area contributed by atoms with Gasteiger partial charge < -0.3 is 10.0 Å². The average molecular weight is 371 g/mol. The second kappa shape index (κ2) is 7.14. The van der Waals surface area contributed by atoms with Crippen molar-refractivity contribution >= 4 is 37.3 Å². The molecule has 1 rings (SSSR count). The van der Waals surface area contributed by atoms with Crippen LogP contribution in [0.4, 0.5) is 0 Å². The summed E-state index contributed by atoms with van der Waals surface area (Å²) in [5.41, 5.74) is 0. The molecule has 0 aliphatic rings. The number of nitrogens with zero attached hydrogens (tertiary/aromatic N) is 1. The molecule has 1 aromatic rings. The van der Waals surface area contributed by atoms with Crippen LogP contribution in [0.25, 0.3) is 0 Å². The molecule has 0 aliphatic heterocycles. The van der Waals surface area contributed by atoms with E-state index in [0.29, 0.717) is 8.66 Å². The summed E-state index contributed by atoms with van der Waals surface area (Å²) in [5, 5.41) is 9.04. The lowest BCUT2D eigenvalue weighted by Gasteiger charge is -2.16. The molecule has 19 heavy (non-hydrogen) atoms. The van der Waals surface area contributed by atoms with Gasteiger partial charge in [0.25, 0.3) is 0 Å². The lowest BCUT2D eigenvalue weighted by Crippen LogP contribution is -2.34. The minimum Gasteiger partial charge on any atom is -0.391 e. The van der Waals surface area contributed by atoms with E-state index in [-0.39, 0.29) is 17.5 Å². The topological polar surface area (TPSA) is 69.6 Å². The van der Waals surface area contributed by atoms with Crippen LogP contribution in [-0.2, 0) is 16.6 Å². The van der Waals surface area contributed by atoms with Gasteiger partial charge in [0.1, 0.15) is 4.90 Å². The molecule has 0 amide bonds. The smallest absolute Gasteiger partial charge is 0.242 e. The molecular formula is C11H19BrN2O3S2. The van der Waals surface area contributed by atoms with Crippen molar-refractivity contribution in [1.29, 1.82) is 0 Å². The molecule has 5 nitrogen and oxygen atoms in total. The van der Waals surface area contributed by atoms with Crippen molar-refractivity contribution in [2.75, 3.05) is 20.6 Å². The maximum atomic E-state index is 12.2. The van der Waals surface area contributed by atoms with Crippen LogP contribution in [-0.4, -0.2) is 45.1 Å². The van der Waals surface area contributed by atoms with Crippen molar-refractivity contribution in [3.8, 4) is 0 Å². The quantitative estimate of drug-likeness (QED) is 0.764. The Morgan fingerprint density at radius 1 is 1.53 bits per heavy atom. The van der Waals surface area contributed by atoms with Gasteiger partial charge >= 0.3 is 0 Å². The maximum absolute atomic E-state index is 12.2. The van der Waals surface area contributed by atoms with Gasteiger partial charge in [-0.25, -0.2) is 13.1 Å². The van der Waals surface area contributed by atoms with Gasteiger partial charge in [0.2, 0.25) is 10.0 Å². The van der Waals surface area contributed by atoms with Crippen molar-refractivity contribution in [2.45, 2.75) is 30.9 Å². The third-order valence-electron chi connectivity index (χ3n) is 2.52. The minimum absolute atomic E-state index is 0.142. The summed E-state index contributed by atoms with van der Waals surface area (Å²) in [6, 6.07) is 1.35. The van der Waals surface area contributed by atoms with Crippen LogP contribution in [0, 0.1) is 0 Å². The molecule has 1 unspecified atom stereocenters. The lowest BCUT2D eigenvalue weighted by atomic mass is 10.2. The molecule has 1 heterocycles. The SMILES string of the molecule is CC(CCN(C)C)NS(=O)(=O)c1cc(CO)sc1Br. The van der Waals surface area contributed by atoms with Crippen LogP contribution in [0.3, 0.4) is 0 Å². The van der Waals surface area contributed by atoms with E-state index in [2.05, 4.69) is 20.7 Å². The zero-order valence-corrected chi connectivity index (χ0v) is 14.4. The highest BCUT2D eigenvalue weighted by molar-refractivity contribution is 9.11. The Balaban J connectivity index is 2.77. The number of hydrogen-bond acceptors (Lipinski definition) is 5. The minimum atomic E-state index is -3.54. The van der Waals surface area contributed by atoms with Gasteiger partial charge in [-0.3, -0.25) is 0 Å². The monoisotopic (exact) mass is 370 g/mol. The summed E-state index contributed by atoms with van der Waals surface area (Å²) in [4.78, 5) is 2.82. The van der Waals surface area contributed by atoms with Crippen LogP contribution in [0.15, 0.2) is 14.7 Å². The maximum Gasteiger partial charge on any atom is 0.242 e. The van der Waals surface area contributed by atoms with Crippen LogP contribution in [0.2, 0.25) is 0 Å². The largest absolute Gasteiger partial charge is 0.391 e. The molecule has 0 radical (unpaired) electrons. The number of aliphatic hydroxyl groups excluding tert-OH is 1. The molecule has 110 valence electrons. The summed E-state index contributed by atoms with van der Waals surface area (Å²) >= 11 is 4.45. The van der Waals surface area contributed by atoms with E-state index >= 15 is 0 Å². The Kier molecular flexibility index (Phi) is 6.41. The van der Waals surface area contributed by atoms with Gasteiger partial charge in [0, 0.05) is 10.9 Å². The van der Waals surface area contributed by atoms with Crippen molar-refractivity contribution in [1.82, 2.24) is 9.62 Å². The molecule has 8 heteroatoms. The predicted octanol–water partition coefficient (Wildman–Crippen LogP) is 1.62. The van der Waals surface area contributed by atoms with Crippen molar-refractivity contribution < 1.29 is 13.5 Å². The van der Waals surface area contributed by atoms with E-state index in [1.165, 1.54) is 17.4 Å². The van der Waals surface area contributed by atoms with Crippen molar-refractivity contribution in [2.24, 2.45) is 0 Å². The molecule has 0 aliphatic carbocycles. The number of rotatable bonds is 7. The number of nitrogens with one attached hydrogen (secondary N) is 1. The molecule has 0 saturated heterocycles. The van der Waals surface area contributed by atoms with E-state index in [1.807, 2.05) is 25.9 Å². The Morgan fingerprint density at radius 2 is 2.16 bits per heavy atom. The average Bonchev–Trinajstić information content (AvgIpc) is 2.68. The molecule has 0 aromatic carbocycles. The van der Waals surface area contributed by atoms with Gasteiger partial charge in [0.05, 0.1) is 10.4 Å². The van der Waals surface area contributed by atoms with Crippen molar-refractivity contribution in [3.05, 3.63) is 14.7 Å². The van der Waals surface area contributed by atoms with E-state index in [0.717, 1.165) is 13.0 Å². The summed E-state index contributed by atoms with van der Waals surface area (Å²) in [7, 11) is 0.354. The summed E-state index contributed by atoms with van der Waals surface area (Å²) in [6.45, 7) is 2.50. The van der Waals surface area contributed by atoms with Crippen LogP contribution in [0.1, 0.15) is 18.2 Å². The van der Waals surface area contributed by atoms with E-state index in [4.69, 9.17) is 5.11 Å². The second-order valence-corrected chi connectivity index (χ2v) is 8.76. The van der Waals surface area contributed by atoms with Gasteiger partial charge in [0.15, 0.2) is 0 Å². The first-order valence-corrected chi connectivity index (χ1v) is 8.91. The first kappa shape index (κ1) is 17.1. The van der Waals surface area contributed by atoms with Crippen LogP contribution < -0.4 is 4.72 Å². The molecular weight excluding hydrogens is 352 g/mol. The Hall–Kier alpha value is 0.01000. The third-order valence-corrected chi connectivity index (χ3v) is 6.34. The fourth-order valence-electron chi connectivity index (χ4n) is 1.50. The fourth-order valence-corrected chi connectivity index (χ4v) is 5.32. The first-order valence-electron chi connectivity index (χ1n) is 5.82. The molecule has 0 spiro atoms. The van der Waals surface area contributed by atoms with Gasteiger partial charge in [-0.05, 0) is 56.0 Å². The van der Waals surface area contributed by atoms with E-state index in [1.54, 1.807) is 0 Å². The first-order chi connectivity index (χ1) is 8.76. The zero-order valence-electron chi connectivity index (χ0n) is 11.2. The highest BCUT2D eigenvalue weighted by Gasteiger charge is 2.22. The standard InChI is InChI=1S/C11H19BrN2O3S2/c1-8(4-5-14(2)3)13-19(16,17)10-6-9(7-15)18-11(10)12/h6,8,13,15H,4-5,7H2,1-3H3.